The Morgan fingerprint density at radius 3 is 2.28 bits per heavy atom. The van der Waals surface area contributed by atoms with Crippen LogP contribution in [-0.2, 0) is 4.74 Å². The molecule has 3 rings (SSSR count). The normalized spacial score (nSPS) is 17.4. The fourth-order valence-electron chi connectivity index (χ4n) is 3.00. The molecule has 25 heavy (non-hydrogen) atoms. The Balaban J connectivity index is 1.76. The molecule has 0 unspecified atom stereocenters. The molecule has 0 saturated carbocycles. The van der Waals surface area contributed by atoms with Gasteiger partial charge in [0.25, 0.3) is 5.91 Å². The van der Waals surface area contributed by atoms with E-state index in [4.69, 9.17) is 4.74 Å². The molecule has 1 aliphatic heterocycles. The maximum atomic E-state index is 12.7. The summed E-state index contributed by atoms with van der Waals surface area (Å²) in [6, 6.07) is 15.7. The van der Waals surface area contributed by atoms with Crippen molar-refractivity contribution >= 4 is 11.6 Å². The van der Waals surface area contributed by atoms with Crippen LogP contribution in [0.3, 0.4) is 0 Å². The maximum Gasteiger partial charge on any atom is 0.254 e. The van der Waals surface area contributed by atoms with Crippen LogP contribution in [-0.4, -0.2) is 62.4 Å². The monoisotopic (exact) mass is 340 g/mol. The number of morpholine rings is 1. The summed E-state index contributed by atoms with van der Waals surface area (Å²) in [7, 11) is 4.03. The topological polar surface area (TPSA) is 53.0 Å². The van der Waals surface area contributed by atoms with E-state index >= 15 is 0 Å². The molecular weight excluding hydrogens is 316 g/mol. The highest BCUT2D eigenvalue weighted by atomic mass is 16.5. The Hall–Kier alpha value is -2.37. The second-order valence-electron chi connectivity index (χ2n) is 6.43. The maximum absolute atomic E-state index is 12.7. The number of nitrogens with zero attached hydrogens (tertiary/aromatic N) is 2. The molecule has 2 aromatic carbocycles. The predicted octanol–water partition coefficient (Wildman–Crippen LogP) is 2.25. The van der Waals surface area contributed by atoms with Gasteiger partial charge in [0, 0.05) is 31.9 Å². The number of benzene rings is 2. The van der Waals surface area contributed by atoms with Crippen LogP contribution in [0.15, 0.2) is 48.5 Å². The molecule has 1 heterocycles. The van der Waals surface area contributed by atoms with Gasteiger partial charge in [-0.1, -0.05) is 24.3 Å². The zero-order chi connectivity index (χ0) is 17.8. The summed E-state index contributed by atoms with van der Waals surface area (Å²) in [5.74, 6) is -0.0585. The highest BCUT2D eigenvalue weighted by molar-refractivity contribution is 5.95. The van der Waals surface area contributed by atoms with Gasteiger partial charge in [-0.3, -0.25) is 4.79 Å². The fraction of sp³-hybridized carbons (Fsp3) is 0.350. The molecule has 0 aliphatic carbocycles. The molecule has 1 saturated heterocycles. The Kier molecular flexibility index (Phi) is 5.36. The first kappa shape index (κ1) is 17.5. The number of aliphatic hydroxyl groups excluding tert-OH is 1. The molecule has 2 aromatic rings. The smallest absolute Gasteiger partial charge is 0.254 e. The van der Waals surface area contributed by atoms with Crippen molar-refractivity contribution in [2.75, 3.05) is 45.4 Å². The molecule has 5 heteroatoms. The van der Waals surface area contributed by atoms with E-state index in [-0.39, 0.29) is 18.6 Å². The highest BCUT2D eigenvalue weighted by Gasteiger charge is 2.27. The molecule has 1 amide bonds. The lowest BCUT2D eigenvalue weighted by molar-refractivity contribution is -0.0183. The van der Waals surface area contributed by atoms with E-state index in [9.17, 15) is 9.90 Å². The minimum Gasteiger partial charge on any atom is -0.394 e. The average Bonchev–Trinajstić information content (AvgIpc) is 2.67. The number of aliphatic hydroxyl groups is 1. The third kappa shape index (κ3) is 3.83. The van der Waals surface area contributed by atoms with Gasteiger partial charge in [0.2, 0.25) is 0 Å². The van der Waals surface area contributed by atoms with E-state index < -0.39 is 0 Å². The number of hydrogen-bond acceptors (Lipinski definition) is 4. The quantitative estimate of drug-likeness (QED) is 0.928. The van der Waals surface area contributed by atoms with Crippen molar-refractivity contribution in [1.29, 1.82) is 0 Å². The molecule has 1 atom stereocenters. The Morgan fingerprint density at radius 2 is 1.72 bits per heavy atom. The SMILES string of the molecule is CN(C)c1ccc(-c2ccc(C(=O)N3CCOC[C@H]3CO)cc2)cc1. The number of anilines is 1. The van der Waals surface area contributed by atoms with Crippen molar-refractivity contribution in [2.45, 2.75) is 6.04 Å². The van der Waals surface area contributed by atoms with Gasteiger partial charge in [0.05, 0.1) is 25.9 Å². The van der Waals surface area contributed by atoms with E-state index in [1.54, 1.807) is 4.90 Å². The molecule has 1 aliphatic rings. The van der Waals surface area contributed by atoms with Crippen molar-refractivity contribution in [3.63, 3.8) is 0 Å². The predicted molar refractivity (Wildman–Crippen MR) is 98.9 cm³/mol. The second-order valence-corrected chi connectivity index (χ2v) is 6.43. The minimum atomic E-state index is -0.264. The zero-order valence-corrected chi connectivity index (χ0v) is 14.7. The molecule has 0 radical (unpaired) electrons. The highest BCUT2D eigenvalue weighted by Crippen LogP contribution is 2.23. The van der Waals surface area contributed by atoms with Crippen LogP contribution < -0.4 is 4.90 Å². The van der Waals surface area contributed by atoms with E-state index in [1.807, 2.05) is 38.4 Å². The van der Waals surface area contributed by atoms with Crippen LogP contribution in [0.4, 0.5) is 5.69 Å². The van der Waals surface area contributed by atoms with Crippen molar-refractivity contribution in [3.8, 4) is 11.1 Å². The van der Waals surface area contributed by atoms with Crippen LogP contribution in [0, 0.1) is 0 Å². The van der Waals surface area contributed by atoms with E-state index in [1.165, 1.54) is 0 Å². The molecule has 0 bridgehead atoms. The number of amides is 1. The molecule has 5 nitrogen and oxygen atoms in total. The Bertz CT molecular complexity index is 711. The van der Waals surface area contributed by atoms with E-state index in [0.717, 1.165) is 16.8 Å². The number of ether oxygens (including phenoxy) is 1. The molecule has 1 N–H and O–H groups in total. The van der Waals surface area contributed by atoms with Gasteiger partial charge in [-0.25, -0.2) is 0 Å². The van der Waals surface area contributed by atoms with Crippen molar-refractivity contribution in [2.24, 2.45) is 0 Å². The van der Waals surface area contributed by atoms with E-state index in [0.29, 0.717) is 25.3 Å². The van der Waals surface area contributed by atoms with Crippen molar-refractivity contribution < 1.29 is 14.6 Å². The van der Waals surface area contributed by atoms with Gasteiger partial charge in [-0.05, 0) is 35.4 Å². The molecule has 0 aromatic heterocycles. The number of carbonyl (C=O) groups excluding carboxylic acids is 1. The van der Waals surface area contributed by atoms with Crippen LogP contribution in [0.25, 0.3) is 11.1 Å². The van der Waals surface area contributed by atoms with Gasteiger partial charge in [-0.15, -0.1) is 0 Å². The Labute approximate surface area is 148 Å². The first-order valence-electron chi connectivity index (χ1n) is 8.47. The molecule has 1 fully saturated rings. The first-order valence-corrected chi connectivity index (χ1v) is 8.47. The fourth-order valence-corrected chi connectivity index (χ4v) is 3.00. The summed E-state index contributed by atoms with van der Waals surface area (Å²) in [5, 5.41) is 9.43. The average molecular weight is 340 g/mol. The number of hydrogen-bond donors (Lipinski definition) is 1. The van der Waals surface area contributed by atoms with Crippen LogP contribution in [0.1, 0.15) is 10.4 Å². The van der Waals surface area contributed by atoms with Crippen LogP contribution in [0.5, 0.6) is 0 Å². The molecular formula is C20H24N2O3. The number of carbonyl (C=O) groups is 1. The minimum absolute atomic E-state index is 0.0585. The van der Waals surface area contributed by atoms with Gasteiger partial charge in [0.15, 0.2) is 0 Å². The lowest BCUT2D eigenvalue weighted by Gasteiger charge is -2.34. The summed E-state index contributed by atoms with van der Waals surface area (Å²) in [4.78, 5) is 16.4. The number of rotatable bonds is 4. The largest absolute Gasteiger partial charge is 0.394 e. The summed E-state index contributed by atoms with van der Waals surface area (Å²) in [6.45, 7) is 1.33. The summed E-state index contributed by atoms with van der Waals surface area (Å²) in [6.07, 6.45) is 0. The molecule has 0 spiro atoms. The summed E-state index contributed by atoms with van der Waals surface area (Å²) < 4.78 is 5.34. The van der Waals surface area contributed by atoms with Gasteiger partial charge >= 0.3 is 0 Å². The van der Waals surface area contributed by atoms with Crippen molar-refractivity contribution in [3.05, 3.63) is 54.1 Å². The van der Waals surface area contributed by atoms with Gasteiger partial charge < -0.3 is 19.6 Å². The zero-order valence-electron chi connectivity index (χ0n) is 14.7. The van der Waals surface area contributed by atoms with Gasteiger partial charge in [-0.2, -0.15) is 0 Å². The summed E-state index contributed by atoms with van der Waals surface area (Å²) >= 11 is 0. The standard InChI is InChI=1S/C20H24N2O3/c1-21(2)18-9-7-16(8-10-18)15-3-5-17(6-4-15)20(24)22-11-12-25-14-19(22)13-23/h3-10,19,23H,11-14H2,1-2H3/t19-/m1/s1. The third-order valence-electron chi connectivity index (χ3n) is 4.55. The van der Waals surface area contributed by atoms with E-state index in [2.05, 4.69) is 29.2 Å². The lowest BCUT2D eigenvalue weighted by atomic mass is 10.0. The lowest BCUT2D eigenvalue weighted by Crippen LogP contribution is -2.50. The van der Waals surface area contributed by atoms with Gasteiger partial charge in [0.1, 0.15) is 0 Å². The van der Waals surface area contributed by atoms with Crippen LogP contribution >= 0.6 is 0 Å². The first-order chi connectivity index (χ1) is 12.1. The van der Waals surface area contributed by atoms with Crippen molar-refractivity contribution in [1.82, 2.24) is 4.90 Å². The van der Waals surface area contributed by atoms with Crippen LogP contribution in [0.2, 0.25) is 0 Å². The summed E-state index contributed by atoms with van der Waals surface area (Å²) in [5.41, 5.74) is 3.97. The Morgan fingerprint density at radius 1 is 1.12 bits per heavy atom. The second kappa shape index (κ2) is 7.68. The molecule has 132 valence electrons. The third-order valence-corrected chi connectivity index (χ3v) is 4.55.